The Hall–Kier alpha value is -2.69. The predicted octanol–water partition coefficient (Wildman–Crippen LogP) is 5.29. The number of rotatable bonds is 6. The highest BCUT2D eigenvalue weighted by Crippen LogP contribution is 2.34. The van der Waals surface area contributed by atoms with E-state index in [1.54, 1.807) is 30.0 Å². The minimum absolute atomic E-state index is 0.226. The van der Waals surface area contributed by atoms with Crippen LogP contribution in [0.2, 0.25) is 0 Å². The molecule has 0 spiro atoms. The molecule has 1 aromatic carbocycles. The van der Waals surface area contributed by atoms with Gasteiger partial charge in [0.1, 0.15) is 14.8 Å². The molecule has 154 valence electrons. The number of fused-ring (bicyclic) bond motifs is 1. The summed E-state index contributed by atoms with van der Waals surface area (Å²) in [6.45, 7) is 3.64. The molecule has 0 aliphatic rings. The number of carbonyl (C=O) groups is 2. The van der Waals surface area contributed by atoms with Gasteiger partial charge in [0.25, 0.3) is 5.91 Å². The number of ether oxygens (including phenoxy) is 1. The van der Waals surface area contributed by atoms with Crippen LogP contribution in [0, 0.1) is 13.8 Å². The number of hydrogen-bond donors (Lipinski definition) is 1. The van der Waals surface area contributed by atoms with E-state index in [1.165, 1.54) is 7.11 Å². The van der Waals surface area contributed by atoms with Gasteiger partial charge in [0, 0.05) is 27.8 Å². The first kappa shape index (κ1) is 20.6. The molecule has 0 fully saturated rings. The zero-order valence-corrected chi connectivity index (χ0v) is 18.8. The SMILES string of the molecule is COC(=O)c1sc(NC(=O)c2oc3ccccc3c2CSc2nc(C)cs2)nc1C. The van der Waals surface area contributed by atoms with E-state index >= 15 is 0 Å². The first-order valence-electron chi connectivity index (χ1n) is 8.88. The molecule has 7 nitrogen and oxygen atoms in total. The van der Waals surface area contributed by atoms with E-state index in [0.717, 1.165) is 32.3 Å². The number of benzene rings is 1. The normalized spacial score (nSPS) is 11.0. The lowest BCUT2D eigenvalue weighted by atomic mass is 10.1. The molecule has 3 heterocycles. The number of carbonyl (C=O) groups excluding carboxylic acids is 2. The zero-order chi connectivity index (χ0) is 21.3. The van der Waals surface area contributed by atoms with Crippen molar-refractivity contribution in [3.63, 3.8) is 0 Å². The number of furan rings is 1. The molecule has 4 aromatic rings. The summed E-state index contributed by atoms with van der Waals surface area (Å²) in [4.78, 5) is 33.9. The largest absolute Gasteiger partial charge is 0.465 e. The maximum Gasteiger partial charge on any atom is 0.350 e. The standard InChI is InChI=1S/C20H17N3O4S3/c1-10-8-28-20(21-10)29-9-13-12-6-4-5-7-14(12)27-15(13)17(24)23-19-22-11(2)16(30-19)18(25)26-3/h4-8H,9H2,1-3H3,(H,22,23,24). The monoisotopic (exact) mass is 459 g/mol. The molecule has 0 saturated carbocycles. The Labute approximate surface area is 184 Å². The number of para-hydroxylation sites is 1. The number of aryl methyl sites for hydroxylation is 2. The molecule has 0 aliphatic heterocycles. The summed E-state index contributed by atoms with van der Waals surface area (Å²) >= 11 is 4.20. The maximum absolute atomic E-state index is 13.0. The van der Waals surface area contributed by atoms with Crippen LogP contribution in [-0.4, -0.2) is 29.0 Å². The fourth-order valence-electron chi connectivity index (χ4n) is 2.84. The summed E-state index contributed by atoms with van der Waals surface area (Å²) in [5, 5.41) is 5.94. The average Bonchev–Trinajstić information content (AvgIpc) is 3.42. The average molecular weight is 460 g/mol. The molecule has 10 heteroatoms. The first-order valence-corrected chi connectivity index (χ1v) is 11.6. The minimum atomic E-state index is -0.481. The number of nitrogens with one attached hydrogen (secondary N) is 1. The zero-order valence-electron chi connectivity index (χ0n) is 16.3. The van der Waals surface area contributed by atoms with E-state index in [-0.39, 0.29) is 5.76 Å². The Morgan fingerprint density at radius 1 is 1.23 bits per heavy atom. The molecule has 4 rings (SSSR count). The van der Waals surface area contributed by atoms with Crippen LogP contribution in [-0.2, 0) is 10.5 Å². The second-order valence-corrected chi connectivity index (χ2v) is 9.41. The smallest absolute Gasteiger partial charge is 0.350 e. The highest BCUT2D eigenvalue weighted by atomic mass is 32.2. The van der Waals surface area contributed by atoms with Crippen LogP contribution in [0.3, 0.4) is 0 Å². The van der Waals surface area contributed by atoms with Crippen molar-refractivity contribution in [1.29, 1.82) is 0 Å². The third-order valence-corrected chi connectivity index (χ3v) is 7.45. The van der Waals surface area contributed by atoms with Crippen molar-refractivity contribution < 1.29 is 18.7 Å². The maximum atomic E-state index is 13.0. The van der Waals surface area contributed by atoms with Gasteiger partial charge in [0.2, 0.25) is 0 Å². The molecule has 0 unspecified atom stereocenters. The van der Waals surface area contributed by atoms with Gasteiger partial charge in [0.15, 0.2) is 10.9 Å². The first-order chi connectivity index (χ1) is 14.5. The lowest BCUT2D eigenvalue weighted by Gasteiger charge is -2.02. The molecule has 30 heavy (non-hydrogen) atoms. The Morgan fingerprint density at radius 3 is 2.77 bits per heavy atom. The molecule has 1 amide bonds. The fourth-order valence-corrected chi connectivity index (χ4v) is 5.60. The van der Waals surface area contributed by atoms with Crippen molar-refractivity contribution in [2.75, 3.05) is 12.4 Å². The van der Waals surface area contributed by atoms with Crippen molar-refractivity contribution in [2.45, 2.75) is 23.9 Å². The highest BCUT2D eigenvalue weighted by Gasteiger charge is 2.23. The lowest BCUT2D eigenvalue weighted by molar-refractivity contribution is 0.0605. The number of anilines is 1. The van der Waals surface area contributed by atoms with E-state index in [9.17, 15) is 9.59 Å². The molecular formula is C20H17N3O4S3. The molecular weight excluding hydrogens is 442 g/mol. The second-order valence-electron chi connectivity index (χ2n) is 6.33. The molecule has 0 atom stereocenters. The van der Waals surface area contributed by atoms with Gasteiger partial charge in [-0.2, -0.15) is 0 Å². The summed E-state index contributed by atoms with van der Waals surface area (Å²) in [5.74, 6) is -0.131. The predicted molar refractivity (Wildman–Crippen MR) is 119 cm³/mol. The van der Waals surface area contributed by atoms with Crippen LogP contribution in [0.1, 0.15) is 37.2 Å². The molecule has 3 aromatic heterocycles. The van der Waals surface area contributed by atoms with Crippen molar-refractivity contribution in [1.82, 2.24) is 9.97 Å². The summed E-state index contributed by atoms with van der Waals surface area (Å²) in [7, 11) is 1.31. The van der Waals surface area contributed by atoms with Gasteiger partial charge >= 0.3 is 5.97 Å². The highest BCUT2D eigenvalue weighted by molar-refractivity contribution is 8.00. The summed E-state index contributed by atoms with van der Waals surface area (Å²) in [6.07, 6.45) is 0. The van der Waals surface area contributed by atoms with Gasteiger partial charge < -0.3 is 9.15 Å². The number of aromatic nitrogens is 2. The third-order valence-electron chi connectivity index (χ3n) is 4.23. The van der Waals surface area contributed by atoms with Crippen LogP contribution in [0.5, 0.6) is 0 Å². The van der Waals surface area contributed by atoms with Gasteiger partial charge in [-0.05, 0) is 19.9 Å². The van der Waals surface area contributed by atoms with Crippen LogP contribution < -0.4 is 5.32 Å². The summed E-state index contributed by atoms with van der Waals surface area (Å²) in [5.41, 5.74) is 2.90. The second kappa shape index (κ2) is 8.58. The Balaban J connectivity index is 1.62. The van der Waals surface area contributed by atoms with Crippen molar-refractivity contribution >= 4 is 62.4 Å². The van der Waals surface area contributed by atoms with Crippen molar-refractivity contribution in [2.24, 2.45) is 0 Å². The van der Waals surface area contributed by atoms with E-state index in [0.29, 0.717) is 27.0 Å². The Bertz CT molecular complexity index is 1240. The van der Waals surface area contributed by atoms with Crippen LogP contribution in [0.15, 0.2) is 38.4 Å². The van der Waals surface area contributed by atoms with Crippen molar-refractivity contribution in [3.8, 4) is 0 Å². The molecule has 1 N–H and O–H groups in total. The molecule has 0 radical (unpaired) electrons. The minimum Gasteiger partial charge on any atom is -0.465 e. The molecule has 0 bridgehead atoms. The number of nitrogens with zero attached hydrogens (tertiary/aromatic N) is 2. The van der Waals surface area contributed by atoms with Crippen LogP contribution in [0.25, 0.3) is 11.0 Å². The summed E-state index contributed by atoms with van der Waals surface area (Å²) < 4.78 is 11.6. The third kappa shape index (κ3) is 4.11. The van der Waals surface area contributed by atoms with E-state index < -0.39 is 11.9 Å². The molecule has 0 saturated heterocycles. The van der Waals surface area contributed by atoms with E-state index in [4.69, 9.17) is 9.15 Å². The molecule has 0 aliphatic carbocycles. The fraction of sp³-hybridized carbons (Fsp3) is 0.200. The Morgan fingerprint density at radius 2 is 2.03 bits per heavy atom. The lowest BCUT2D eigenvalue weighted by Crippen LogP contribution is -2.12. The number of thiazole rings is 2. The van der Waals surface area contributed by atoms with Gasteiger partial charge in [-0.15, -0.1) is 11.3 Å². The van der Waals surface area contributed by atoms with E-state index in [1.807, 2.05) is 36.6 Å². The van der Waals surface area contributed by atoms with Crippen molar-refractivity contribution in [3.05, 3.63) is 57.2 Å². The van der Waals surface area contributed by atoms with Crippen LogP contribution in [0.4, 0.5) is 5.13 Å². The number of thioether (sulfide) groups is 1. The number of esters is 1. The Kier molecular flexibility index (Phi) is 5.89. The van der Waals surface area contributed by atoms with E-state index in [2.05, 4.69) is 15.3 Å². The van der Waals surface area contributed by atoms with Gasteiger partial charge in [-0.3, -0.25) is 10.1 Å². The van der Waals surface area contributed by atoms with Gasteiger partial charge in [0.05, 0.1) is 12.8 Å². The topological polar surface area (TPSA) is 94.3 Å². The van der Waals surface area contributed by atoms with Gasteiger partial charge in [-0.25, -0.2) is 14.8 Å². The number of amides is 1. The summed E-state index contributed by atoms with van der Waals surface area (Å²) in [6, 6.07) is 7.54. The quantitative estimate of drug-likeness (QED) is 0.309. The van der Waals surface area contributed by atoms with Gasteiger partial charge in [-0.1, -0.05) is 41.3 Å². The van der Waals surface area contributed by atoms with Crippen LogP contribution >= 0.6 is 34.4 Å². The number of methoxy groups -OCH3 is 1. The number of hydrogen-bond acceptors (Lipinski definition) is 9.